The number of aromatic nitrogens is 2. The lowest BCUT2D eigenvalue weighted by atomic mass is 10.1. The van der Waals surface area contributed by atoms with E-state index in [0.717, 1.165) is 36.0 Å². The van der Waals surface area contributed by atoms with E-state index in [0.29, 0.717) is 19.7 Å². The molecule has 4 rings (SSSR count). The van der Waals surface area contributed by atoms with E-state index in [-0.39, 0.29) is 24.1 Å². The van der Waals surface area contributed by atoms with Gasteiger partial charge < -0.3 is 14.5 Å². The number of nitrogens with zero attached hydrogens (tertiary/aromatic N) is 4. The summed E-state index contributed by atoms with van der Waals surface area (Å²) in [6, 6.07) is 13.2. The third kappa shape index (κ3) is 4.39. The predicted octanol–water partition coefficient (Wildman–Crippen LogP) is 1.40. The molecule has 2 aromatic rings. The van der Waals surface area contributed by atoms with Gasteiger partial charge in [-0.05, 0) is 11.6 Å². The van der Waals surface area contributed by atoms with Crippen molar-refractivity contribution in [1.29, 1.82) is 0 Å². The molecule has 1 aromatic heterocycles. The van der Waals surface area contributed by atoms with Gasteiger partial charge in [0.25, 0.3) is 5.56 Å². The molecular weight excluding hydrogens is 376 g/mol. The van der Waals surface area contributed by atoms with E-state index in [2.05, 4.69) is 10.00 Å². The standard InChI is InChI=1S/C20H24N4O3S/c25-19-7-6-18(22-9-12-28-13-10-22)21-24(19)15-20(26)23-8-11-27-17(14-23)16-4-2-1-3-5-16/h1-7,17H,8-15H2. The number of morpholine rings is 1. The summed E-state index contributed by atoms with van der Waals surface area (Å²) in [5.41, 5.74) is 0.802. The Morgan fingerprint density at radius 2 is 1.89 bits per heavy atom. The smallest absolute Gasteiger partial charge is 0.267 e. The molecule has 1 atom stereocenters. The third-order valence-corrected chi connectivity index (χ3v) is 6.01. The Bertz CT molecular complexity index is 867. The molecule has 1 aromatic carbocycles. The van der Waals surface area contributed by atoms with Crippen LogP contribution in [0.4, 0.5) is 5.82 Å². The summed E-state index contributed by atoms with van der Waals surface area (Å²) in [5.74, 6) is 2.75. The number of benzene rings is 1. The lowest BCUT2D eigenvalue weighted by Crippen LogP contribution is -2.45. The average Bonchev–Trinajstić information content (AvgIpc) is 2.76. The molecule has 8 heteroatoms. The highest BCUT2D eigenvalue weighted by Gasteiger charge is 2.26. The number of carbonyl (C=O) groups excluding carboxylic acids is 1. The van der Waals surface area contributed by atoms with Gasteiger partial charge in [-0.25, -0.2) is 4.68 Å². The first-order valence-electron chi connectivity index (χ1n) is 9.56. The summed E-state index contributed by atoms with van der Waals surface area (Å²) >= 11 is 1.92. The van der Waals surface area contributed by atoms with Crippen molar-refractivity contribution in [2.24, 2.45) is 0 Å². The number of ether oxygens (including phenoxy) is 1. The van der Waals surface area contributed by atoms with Crippen LogP contribution in [0.3, 0.4) is 0 Å². The van der Waals surface area contributed by atoms with E-state index in [4.69, 9.17) is 4.74 Å². The molecule has 2 saturated heterocycles. The second kappa shape index (κ2) is 8.79. The summed E-state index contributed by atoms with van der Waals surface area (Å²) < 4.78 is 7.11. The molecule has 1 unspecified atom stereocenters. The van der Waals surface area contributed by atoms with Crippen molar-refractivity contribution < 1.29 is 9.53 Å². The Morgan fingerprint density at radius 3 is 2.68 bits per heavy atom. The Balaban J connectivity index is 1.45. The zero-order chi connectivity index (χ0) is 19.3. The van der Waals surface area contributed by atoms with Gasteiger partial charge >= 0.3 is 0 Å². The Hall–Kier alpha value is -2.32. The van der Waals surface area contributed by atoms with Crippen LogP contribution in [0.15, 0.2) is 47.3 Å². The normalized spacial score (nSPS) is 20.2. The quantitative estimate of drug-likeness (QED) is 0.773. The van der Waals surface area contributed by atoms with Crippen LogP contribution in [0.2, 0.25) is 0 Å². The molecule has 3 heterocycles. The van der Waals surface area contributed by atoms with E-state index in [1.165, 1.54) is 10.7 Å². The first kappa shape index (κ1) is 19.0. The maximum atomic E-state index is 12.8. The third-order valence-electron chi connectivity index (χ3n) is 5.06. The largest absolute Gasteiger partial charge is 0.370 e. The van der Waals surface area contributed by atoms with Gasteiger partial charge in [0, 0.05) is 37.2 Å². The number of anilines is 1. The van der Waals surface area contributed by atoms with E-state index in [1.807, 2.05) is 42.1 Å². The maximum absolute atomic E-state index is 12.8. The van der Waals surface area contributed by atoms with Crippen molar-refractivity contribution in [1.82, 2.24) is 14.7 Å². The molecule has 148 valence electrons. The Morgan fingerprint density at radius 1 is 1.11 bits per heavy atom. The van der Waals surface area contributed by atoms with Gasteiger partial charge in [-0.1, -0.05) is 30.3 Å². The topological polar surface area (TPSA) is 67.7 Å². The van der Waals surface area contributed by atoms with Crippen LogP contribution in [0.25, 0.3) is 0 Å². The summed E-state index contributed by atoms with van der Waals surface area (Å²) in [6.07, 6.45) is -0.138. The van der Waals surface area contributed by atoms with Gasteiger partial charge in [-0.15, -0.1) is 0 Å². The van der Waals surface area contributed by atoms with Crippen LogP contribution in [0.1, 0.15) is 11.7 Å². The van der Waals surface area contributed by atoms with Crippen molar-refractivity contribution in [3.05, 3.63) is 58.4 Å². The summed E-state index contributed by atoms with van der Waals surface area (Å²) in [7, 11) is 0. The lowest BCUT2D eigenvalue weighted by molar-refractivity contribution is -0.139. The Kier molecular flexibility index (Phi) is 5.97. The summed E-state index contributed by atoms with van der Waals surface area (Å²) in [4.78, 5) is 29.0. The van der Waals surface area contributed by atoms with Crippen molar-refractivity contribution >= 4 is 23.5 Å². The molecule has 0 bridgehead atoms. The number of carbonyl (C=O) groups is 1. The lowest BCUT2D eigenvalue weighted by Gasteiger charge is -2.33. The van der Waals surface area contributed by atoms with Crippen molar-refractivity contribution in [2.75, 3.05) is 49.2 Å². The summed E-state index contributed by atoms with van der Waals surface area (Å²) in [5, 5.41) is 4.45. The molecule has 0 spiro atoms. The monoisotopic (exact) mass is 400 g/mol. The molecule has 28 heavy (non-hydrogen) atoms. The highest BCUT2D eigenvalue weighted by molar-refractivity contribution is 7.99. The fourth-order valence-corrected chi connectivity index (χ4v) is 4.39. The van der Waals surface area contributed by atoms with Crippen LogP contribution in [0.5, 0.6) is 0 Å². The first-order valence-corrected chi connectivity index (χ1v) is 10.7. The number of hydrogen-bond acceptors (Lipinski definition) is 6. The minimum atomic E-state index is -0.253. The van der Waals surface area contributed by atoms with Gasteiger partial charge in [0.1, 0.15) is 18.5 Å². The van der Waals surface area contributed by atoms with E-state index >= 15 is 0 Å². The molecule has 1 amide bonds. The maximum Gasteiger partial charge on any atom is 0.267 e. The molecule has 0 radical (unpaired) electrons. The molecule has 7 nitrogen and oxygen atoms in total. The fourth-order valence-electron chi connectivity index (χ4n) is 3.49. The SMILES string of the molecule is O=C(Cn1nc(N2CCSCC2)ccc1=O)N1CCOC(c2ccccc2)C1. The predicted molar refractivity (Wildman–Crippen MR) is 110 cm³/mol. The van der Waals surface area contributed by atoms with Gasteiger partial charge in [0.2, 0.25) is 5.91 Å². The first-order chi connectivity index (χ1) is 13.7. The molecule has 2 aliphatic heterocycles. The minimum Gasteiger partial charge on any atom is -0.370 e. The van der Waals surface area contributed by atoms with Crippen LogP contribution in [-0.2, 0) is 16.1 Å². The number of amides is 1. The number of hydrogen-bond donors (Lipinski definition) is 0. The fraction of sp³-hybridized carbons (Fsp3) is 0.450. The van der Waals surface area contributed by atoms with Gasteiger partial charge in [-0.2, -0.15) is 16.9 Å². The highest BCUT2D eigenvalue weighted by Crippen LogP contribution is 2.22. The molecule has 0 saturated carbocycles. The van der Waals surface area contributed by atoms with Crippen LogP contribution >= 0.6 is 11.8 Å². The minimum absolute atomic E-state index is 0.0449. The van der Waals surface area contributed by atoms with Crippen molar-refractivity contribution in [2.45, 2.75) is 12.6 Å². The van der Waals surface area contributed by atoms with Gasteiger partial charge in [-0.3, -0.25) is 9.59 Å². The second-order valence-corrected chi connectivity index (χ2v) is 8.12. The van der Waals surface area contributed by atoms with Crippen LogP contribution in [-0.4, -0.2) is 64.9 Å². The molecule has 0 aliphatic carbocycles. The average molecular weight is 401 g/mol. The molecular formula is C20H24N4O3S. The Labute approximate surface area is 168 Å². The van der Waals surface area contributed by atoms with E-state index in [1.54, 1.807) is 11.0 Å². The number of thioether (sulfide) groups is 1. The molecule has 2 aliphatic rings. The molecule has 2 fully saturated rings. The van der Waals surface area contributed by atoms with Gasteiger partial charge in [0.15, 0.2) is 0 Å². The van der Waals surface area contributed by atoms with Crippen molar-refractivity contribution in [3.8, 4) is 0 Å². The number of rotatable bonds is 4. The van der Waals surface area contributed by atoms with E-state index in [9.17, 15) is 9.59 Å². The van der Waals surface area contributed by atoms with Crippen LogP contribution in [0, 0.1) is 0 Å². The highest BCUT2D eigenvalue weighted by atomic mass is 32.2. The van der Waals surface area contributed by atoms with Crippen molar-refractivity contribution in [3.63, 3.8) is 0 Å². The van der Waals surface area contributed by atoms with E-state index < -0.39 is 0 Å². The van der Waals surface area contributed by atoms with Gasteiger partial charge in [0.05, 0.1) is 13.2 Å². The zero-order valence-corrected chi connectivity index (χ0v) is 16.5. The second-order valence-electron chi connectivity index (χ2n) is 6.90. The summed E-state index contributed by atoms with van der Waals surface area (Å²) in [6.45, 7) is 3.27. The van der Waals surface area contributed by atoms with Crippen LogP contribution < -0.4 is 10.5 Å². The zero-order valence-electron chi connectivity index (χ0n) is 15.7. The molecule has 0 N–H and O–H groups in total.